The molecule has 0 bridgehead atoms. The summed E-state index contributed by atoms with van der Waals surface area (Å²) in [5, 5.41) is 14.2. The fraction of sp³-hybridized carbons (Fsp3) is 0.471. The van der Waals surface area contributed by atoms with Gasteiger partial charge in [-0.2, -0.15) is 4.98 Å². The molecule has 0 radical (unpaired) electrons. The Bertz CT molecular complexity index is 760. The molecule has 0 spiro atoms. The molecule has 1 aliphatic heterocycles. The first-order valence-corrected chi connectivity index (χ1v) is 8.00. The quantitative estimate of drug-likeness (QED) is 0.864. The molecule has 1 aliphatic rings. The zero-order valence-corrected chi connectivity index (χ0v) is 14.4. The number of pyridine rings is 1. The predicted octanol–water partition coefficient (Wildman–Crippen LogP) is 1.07. The molecular formula is C17H21N3O5. The van der Waals surface area contributed by atoms with Crippen molar-refractivity contribution in [1.82, 2.24) is 15.0 Å². The Morgan fingerprint density at radius 2 is 2.16 bits per heavy atom. The molecule has 1 fully saturated rings. The second-order valence-corrected chi connectivity index (χ2v) is 6.09. The Labute approximate surface area is 145 Å². The van der Waals surface area contributed by atoms with Crippen LogP contribution >= 0.6 is 0 Å². The molecule has 1 amide bonds. The van der Waals surface area contributed by atoms with E-state index in [9.17, 15) is 9.90 Å². The maximum atomic E-state index is 12.8. The average Bonchev–Trinajstić information content (AvgIpc) is 3.19. The SMILES string of the molecule is COc1ccc(C(=O)N2C[C@@H](Cc3cc(C)no3)[C@H](O)C2)c(OC)n1. The highest BCUT2D eigenvalue weighted by Crippen LogP contribution is 2.27. The van der Waals surface area contributed by atoms with Gasteiger partial charge in [0.2, 0.25) is 11.8 Å². The lowest BCUT2D eigenvalue weighted by Crippen LogP contribution is -2.30. The summed E-state index contributed by atoms with van der Waals surface area (Å²) in [6.45, 7) is 2.53. The molecule has 0 saturated carbocycles. The number of amides is 1. The summed E-state index contributed by atoms with van der Waals surface area (Å²) in [5.41, 5.74) is 1.14. The van der Waals surface area contributed by atoms with Crippen LogP contribution in [-0.2, 0) is 6.42 Å². The summed E-state index contributed by atoms with van der Waals surface area (Å²) in [4.78, 5) is 18.5. The highest BCUT2D eigenvalue weighted by Gasteiger charge is 2.36. The zero-order valence-electron chi connectivity index (χ0n) is 14.4. The van der Waals surface area contributed by atoms with Gasteiger partial charge in [0.1, 0.15) is 11.3 Å². The Morgan fingerprint density at radius 1 is 1.36 bits per heavy atom. The van der Waals surface area contributed by atoms with Crippen LogP contribution in [0.3, 0.4) is 0 Å². The van der Waals surface area contributed by atoms with E-state index < -0.39 is 6.10 Å². The normalized spacial score (nSPS) is 19.9. The molecule has 134 valence electrons. The second-order valence-electron chi connectivity index (χ2n) is 6.09. The maximum absolute atomic E-state index is 12.8. The summed E-state index contributed by atoms with van der Waals surface area (Å²) in [5.74, 6) is 0.942. The lowest BCUT2D eigenvalue weighted by Gasteiger charge is -2.17. The van der Waals surface area contributed by atoms with Gasteiger partial charge in [-0.3, -0.25) is 4.79 Å². The van der Waals surface area contributed by atoms with Crippen LogP contribution in [0.4, 0.5) is 0 Å². The maximum Gasteiger partial charge on any atom is 0.259 e. The first kappa shape index (κ1) is 17.2. The first-order chi connectivity index (χ1) is 12.0. The zero-order chi connectivity index (χ0) is 18.0. The number of rotatable bonds is 5. The van der Waals surface area contributed by atoms with Crippen LogP contribution in [0.2, 0.25) is 0 Å². The standard InChI is InChI=1S/C17H21N3O5/c1-10-6-12(25-19-10)7-11-8-20(9-14(11)21)17(22)13-4-5-15(23-2)18-16(13)24-3/h4-6,11,14,21H,7-9H2,1-3H3/t11-,14-/m1/s1. The van der Waals surface area contributed by atoms with Crippen LogP contribution in [0.1, 0.15) is 21.8 Å². The minimum absolute atomic E-state index is 0.103. The van der Waals surface area contributed by atoms with Crippen LogP contribution in [0.5, 0.6) is 11.8 Å². The largest absolute Gasteiger partial charge is 0.481 e. The molecule has 8 heteroatoms. The Balaban J connectivity index is 1.73. The van der Waals surface area contributed by atoms with Crippen LogP contribution in [0.15, 0.2) is 22.7 Å². The first-order valence-electron chi connectivity index (χ1n) is 8.00. The molecule has 2 aromatic rings. The monoisotopic (exact) mass is 347 g/mol. The minimum atomic E-state index is -0.619. The molecule has 3 heterocycles. The van der Waals surface area contributed by atoms with Crippen molar-refractivity contribution in [1.29, 1.82) is 0 Å². The number of ether oxygens (including phenoxy) is 2. The van der Waals surface area contributed by atoms with Gasteiger partial charge in [0.25, 0.3) is 5.91 Å². The Morgan fingerprint density at radius 3 is 2.80 bits per heavy atom. The molecule has 3 rings (SSSR count). The van der Waals surface area contributed by atoms with Gasteiger partial charge in [0, 0.05) is 37.6 Å². The van der Waals surface area contributed by atoms with Crippen molar-refractivity contribution in [2.75, 3.05) is 27.3 Å². The second kappa shape index (κ2) is 7.10. The van der Waals surface area contributed by atoms with Crippen molar-refractivity contribution in [3.05, 3.63) is 35.2 Å². The number of aromatic nitrogens is 2. The van der Waals surface area contributed by atoms with Gasteiger partial charge in [-0.25, -0.2) is 0 Å². The van der Waals surface area contributed by atoms with E-state index in [2.05, 4.69) is 10.1 Å². The fourth-order valence-electron chi connectivity index (χ4n) is 3.02. The fourth-order valence-corrected chi connectivity index (χ4v) is 3.02. The molecule has 0 aliphatic carbocycles. The van der Waals surface area contributed by atoms with Crippen molar-refractivity contribution in [2.45, 2.75) is 19.4 Å². The summed E-state index contributed by atoms with van der Waals surface area (Å²) < 4.78 is 15.5. The Hall–Kier alpha value is -2.61. The third kappa shape index (κ3) is 3.58. The average molecular weight is 347 g/mol. The van der Waals surface area contributed by atoms with Gasteiger partial charge in [-0.15, -0.1) is 0 Å². The van der Waals surface area contributed by atoms with Gasteiger partial charge >= 0.3 is 0 Å². The highest BCUT2D eigenvalue weighted by atomic mass is 16.5. The van der Waals surface area contributed by atoms with Crippen molar-refractivity contribution in [2.24, 2.45) is 5.92 Å². The van der Waals surface area contributed by atoms with Crippen LogP contribution in [0, 0.1) is 12.8 Å². The van der Waals surface area contributed by atoms with Crippen molar-refractivity contribution >= 4 is 5.91 Å². The van der Waals surface area contributed by atoms with Gasteiger partial charge in [-0.1, -0.05) is 5.16 Å². The number of aryl methyl sites for hydroxylation is 1. The number of aliphatic hydroxyl groups is 1. The lowest BCUT2D eigenvalue weighted by molar-refractivity contribution is 0.0760. The number of methoxy groups -OCH3 is 2. The number of carbonyl (C=O) groups is 1. The minimum Gasteiger partial charge on any atom is -0.481 e. The van der Waals surface area contributed by atoms with E-state index >= 15 is 0 Å². The highest BCUT2D eigenvalue weighted by molar-refractivity contribution is 5.96. The number of carbonyl (C=O) groups excluding carboxylic acids is 1. The molecule has 1 saturated heterocycles. The number of nitrogens with zero attached hydrogens (tertiary/aromatic N) is 3. The van der Waals surface area contributed by atoms with E-state index in [4.69, 9.17) is 14.0 Å². The van der Waals surface area contributed by atoms with E-state index in [1.807, 2.05) is 13.0 Å². The third-order valence-corrected chi connectivity index (χ3v) is 4.30. The molecule has 8 nitrogen and oxygen atoms in total. The number of hydrogen-bond donors (Lipinski definition) is 1. The predicted molar refractivity (Wildman–Crippen MR) is 87.7 cm³/mol. The summed E-state index contributed by atoms with van der Waals surface area (Å²) in [6, 6.07) is 5.07. The van der Waals surface area contributed by atoms with Crippen molar-refractivity contribution in [3.8, 4) is 11.8 Å². The number of likely N-dealkylation sites (tertiary alicyclic amines) is 1. The summed E-state index contributed by atoms with van der Waals surface area (Å²) in [7, 11) is 2.95. The van der Waals surface area contributed by atoms with Gasteiger partial charge < -0.3 is 24.0 Å². The van der Waals surface area contributed by atoms with Crippen molar-refractivity contribution < 1.29 is 23.9 Å². The van der Waals surface area contributed by atoms with E-state index in [1.54, 1.807) is 17.0 Å². The topological polar surface area (TPSA) is 97.9 Å². The molecule has 2 atom stereocenters. The molecule has 2 aromatic heterocycles. The van der Waals surface area contributed by atoms with Crippen LogP contribution in [0.25, 0.3) is 0 Å². The van der Waals surface area contributed by atoms with Crippen LogP contribution in [-0.4, -0.2) is 59.5 Å². The lowest BCUT2D eigenvalue weighted by atomic mass is 10.0. The van der Waals surface area contributed by atoms with Gasteiger partial charge in [0.15, 0.2) is 0 Å². The van der Waals surface area contributed by atoms with E-state index in [0.29, 0.717) is 30.2 Å². The van der Waals surface area contributed by atoms with E-state index in [0.717, 1.165) is 5.69 Å². The number of β-amino-alcohol motifs (C(OH)–C–C–N with tert-alkyl or cyclic N) is 1. The van der Waals surface area contributed by atoms with E-state index in [-0.39, 0.29) is 24.2 Å². The molecule has 1 N–H and O–H groups in total. The van der Waals surface area contributed by atoms with Gasteiger partial charge in [-0.05, 0) is 13.0 Å². The summed E-state index contributed by atoms with van der Waals surface area (Å²) in [6.07, 6.45) is -0.0874. The number of hydrogen-bond acceptors (Lipinski definition) is 7. The van der Waals surface area contributed by atoms with Gasteiger partial charge in [0.05, 0.1) is 26.0 Å². The van der Waals surface area contributed by atoms with E-state index in [1.165, 1.54) is 14.2 Å². The molecule has 25 heavy (non-hydrogen) atoms. The third-order valence-electron chi connectivity index (χ3n) is 4.30. The molecule has 0 aromatic carbocycles. The number of aliphatic hydroxyl groups excluding tert-OH is 1. The van der Waals surface area contributed by atoms with Crippen molar-refractivity contribution in [3.63, 3.8) is 0 Å². The van der Waals surface area contributed by atoms with Crippen LogP contribution < -0.4 is 9.47 Å². The smallest absolute Gasteiger partial charge is 0.259 e. The Kier molecular flexibility index (Phi) is 4.89. The molecule has 0 unspecified atom stereocenters. The molecular weight excluding hydrogens is 326 g/mol. The summed E-state index contributed by atoms with van der Waals surface area (Å²) >= 11 is 0.